The van der Waals surface area contributed by atoms with Crippen molar-refractivity contribution < 1.29 is 4.74 Å². The molecule has 0 unspecified atom stereocenters. The van der Waals surface area contributed by atoms with Crippen LogP contribution >= 0.6 is 35.6 Å². The molecule has 2 heterocycles. The Kier molecular flexibility index (Phi) is 11.8. The van der Waals surface area contributed by atoms with Crippen LogP contribution in [0.25, 0.3) is 0 Å². The minimum absolute atomic E-state index is 0. The lowest BCUT2D eigenvalue weighted by Crippen LogP contribution is -2.47. The highest BCUT2D eigenvalue weighted by Crippen LogP contribution is 2.22. The van der Waals surface area contributed by atoms with Crippen LogP contribution in [0.4, 0.5) is 5.95 Å². The third kappa shape index (κ3) is 8.25. The zero-order valence-electron chi connectivity index (χ0n) is 18.8. The quantitative estimate of drug-likeness (QED) is 0.207. The summed E-state index contributed by atoms with van der Waals surface area (Å²) in [5.41, 5.74) is 1.09. The number of nitrogens with one attached hydrogen (secondary N) is 2. The van der Waals surface area contributed by atoms with Crippen LogP contribution < -0.4 is 20.3 Å². The fourth-order valence-corrected chi connectivity index (χ4v) is 3.79. The van der Waals surface area contributed by atoms with Crippen LogP contribution in [0.15, 0.2) is 41.7 Å². The molecule has 1 aliphatic heterocycles. The molecule has 0 bridgehead atoms. The van der Waals surface area contributed by atoms with Gasteiger partial charge in [-0.1, -0.05) is 17.7 Å². The fraction of sp³-hybridized carbons (Fsp3) is 0.500. The number of aromatic nitrogens is 2. The standard InChI is InChI=1S/C22H32ClN7O.HI/c1-24-21(26-11-7-18-5-6-19(31-2)17-20(18)23)25-10-4-12-29-13-15-30(16-14-29)22-27-8-3-9-28-22;/h3,5-6,8-9,17H,4,7,10-16H2,1-2H3,(H2,24,25,26);1H. The second-order valence-corrected chi connectivity index (χ2v) is 7.77. The number of nitrogens with zero attached hydrogens (tertiary/aromatic N) is 5. The highest BCUT2D eigenvalue weighted by atomic mass is 127. The van der Waals surface area contributed by atoms with Gasteiger partial charge in [0.25, 0.3) is 0 Å². The molecular weight excluding hydrogens is 541 g/mol. The first-order valence-corrected chi connectivity index (χ1v) is 11.1. The molecule has 2 aromatic rings. The molecule has 0 aliphatic carbocycles. The van der Waals surface area contributed by atoms with Crippen LogP contribution in [0.5, 0.6) is 5.75 Å². The average molecular weight is 574 g/mol. The van der Waals surface area contributed by atoms with Gasteiger partial charge in [-0.05, 0) is 43.1 Å². The SMILES string of the molecule is CN=C(NCCCN1CCN(c2ncccn2)CC1)NCCc1ccc(OC)cc1Cl.I. The average Bonchev–Trinajstić information content (AvgIpc) is 2.82. The number of benzene rings is 1. The Bertz CT molecular complexity index is 832. The Labute approximate surface area is 212 Å². The molecule has 0 amide bonds. The maximum atomic E-state index is 6.31. The van der Waals surface area contributed by atoms with E-state index >= 15 is 0 Å². The molecule has 176 valence electrons. The smallest absolute Gasteiger partial charge is 0.225 e. The lowest BCUT2D eigenvalue weighted by atomic mass is 10.1. The predicted octanol–water partition coefficient (Wildman–Crippen LogP) is 2.68. The molecule has 0 saturated carbocycles. The van der Waals surface area contributed by atoms with E-state index in [2.05, 4.69) is 35.4 Å². The summed E-state index contributed by atoms with van der Waals surface area (Å²) in [6.45, 7) is 6.71. The van der Waals surface area contributed by atoms with Crippen LogP contribution in [-0.2, 0) is 6.42 Å². The normalized spacial score (nSPS) is 14.6. The van der Waals surface area contributed by atoms with Crippen molar-refractivity contribution >= 4 is 47.5 Å². The summed E-state index contributed by atoms with van der Waals surface area (Å²) in [5, 5.41) is 7.47. The van der Waals surface area contributed by atoms with Crippen LogP contribution in [-0.4, -0.2) is 80.8 Å². The molecule has 1 saturated heterocycles. The van der Waals surface area contributed by atoms with Gasteiger partial charge in [0.1, 0.15) is 5.75 Å². The van der Waals surface area contributed by atoms with Gasteiger partial charge in [0.05, 0.1) is 7.11 Å². The van der Waals surface area contributed by atoms with E-state index in [0.717, 1.165) is 86.9 Å². The Morgan fingerprint density at radius 1 is 1.12 bits per heavy atom. The zero-order chi connectivity index (χ0) is 21.9. The van der Waals surface area contributed by atoms with E-state index in [4.69, 9.17) is 16.3 Å². The van der Waals surface area contributed by atoms with Gasteiger partial charge in [-0.25, -0.2) is 9.97 Å². The molecule has 0 radical (unpaired) electrons. The molecule has 8 nitrogen and oxygen atoms in total. The van der Waals surface area contributed by atoms with E-state index in [1.54, 1.807) is 26.6 Å². The van der Waals surface area contributed by atoms with Gasteiger partial charge in [-0.3, -0.25) is 9.89 Å². The van der Waals surface area contributed by atoms with E-state index in [-0.39, 0.29) is 24.0 Å². The lowest BCUT2D eigenvalue weighted by molar-refractivity contribution is 0.254. The number of hydrogen-bond acceptors (Lipinski definition) is 6. The molecule has 32 heavy (non-hydrogen) atoms. The molecule has 0 spiro atoms. The minimum Gasteiger partial charge on any atom is -0.497 e. The number of methoxy groups -OCH3 is 1. The summed E-state index contributed by atoms with van der Waals surface area (Å²) in [4.78, 5) is 17.7. The zero-order valence-corrected chi connectivity index (χ0v) is 21.8. The molecule has 1 fully saturated rings. The molecule has 2 N–H and O–H groups in total. The summed E-state index contributed by atoms with van der Waals surface area (Å²) in [5.74, 6) is 2.42. The Morgan fingerprint density at radius 3 is 2.50 bits per heavy atom. The second-order valence-electron chi connectivity index (χ2n) is 7.36. The molecule has 1 aliphatic rings. The third-order valence-electron chi connectivity index (χ3n) is 5.32. The van der Waals surface area contributed by atoms with Gasteiger partial charge >= 0.3 is 0 Å². The number of hydrogen-bond donors (Lipinski definition) is 2. The van der Waals surface area contributed by atoms with Gasteiger partial charge in [0.15, 0.2) is 5.96 Å². The van der Waals surface area contributed by atoms with Crippen molar-refractivity contribution in [1.29, 1.82) is 0 Å². The van der Waals surface area contributed by atoms with Gasteiger partial charge in [-0.2, -0.15) is 0 Å². The number of ether oxygens (including phenoxy) is 1. The van der Waals surface area contributed by atoms with E-state index in [0.29, 0.717) is 0 Å². The maximum absolute atomic E-state index is 6.31. The van der Waals surface area contributed by atoms with Gasteiger partial charge in [-0.15, -0.1) is 24.0 Å². The fourth-order valence-electron chi connectivity index (χ4n) is 3.53. The number of piperazine rings is 1. The Hall–Kier alpha value is -1.85. The Balaban J connectivity index is 0.00000363. The van der Waals surface area contributed by atoms with Crippen LogP contribution in [0.2, 0.25) is 5.02 Å². The monoisotopic (exact) mass is 573 g/mol. The third-order valence-corrected chi connectivity index (χ3v) is 5.67. The van der Waals surface area contributed by atoms with Crippen LogP contribution in [0.1, 0.15) is 12.0 Å². The van der Waals surface area contributed by atoms with Crippen LogP contribution in [0, 0.1) is 0 Å². The summed E-state index contributed by atoms with van der Waals surface area (Å²) in [7, 11) is 3.43. The van der Waals surface area contributed by atoms with Crippen molar-refractivity contribution in [3.8, 4) is 5.75 Å². The predicted molar refractivity (Wildman–Crippen MR) is 142 cm³/mol. The molecule has 3 rings (SSSR count). The minimum atomic E-state index is 0. The first kappa shape index (κ1) is 26.4. The molecule has 1 aromatic carbocycles. The van der Waals surface area contributed by atoms with E-state index < -0.39 is 0 Å². The van der Waals surface area contributed by atoms with Crippen molar-refractivity contribution in [2.45, 2.75) is 12.8 Å². The van der Waals surface area contributed by atoms with Gasteiger partial charge < -0.3 is 20.3 Å². The van der Waals surface area contributed by atoms with Crippen molar-refractivity contribution in [3.05, 3.63) is 47.2 Å². The topological polar surface area (TPSA) is 77.9 Å². The highest BCUT2D eigenvalue weighted by molar-refractivity contribution is 14.0. The highest BCUT2D eigenvalue weighted by Gasteiger charge is 2.18. The number of guanidine groups is 1. The largest absolute Gasteiger partial charge is 0.497 e. The number of halogens is 2. The molecule has 0 atom stereocenters. The number of rotatable bonds is 9. The number of aliphatic imine (C=N–C) groups is 1. The molecule has 10 heteroatoms. The summed E-state index contributed by atoms with van der Waals surface area (Å²) < 4.78 is 5.19. The van der Waals surface area contributed by atoms with Crippen molar-refractivity contribution in [3.63, 3.8) is 0 Å². The second kappa shape index (κ2) is 14.3. The Morgan fingerprint density at radius 2 is 1.84 bits per heavy atom. The van der Waals surface area contributed by atoms with E-state index in [1.165, 1.54) is 0 Å². The number of anilines is 1. The van der Waals surface area contributed by atoms with Crippen LogP contribution in [0.3, 0.4) is 0 Å². The first-order valence-electron chi connectivity index (χ1n) is 10.7. The molecular formula is C22H33ClIN7O. The molecule has 1 aromatic heterocycles. The first-order chi connectivity index (χ1) is 15.2. The van der Waals surface area contributed by atoms with Crippen molar-refractivity contribution in [2.24, 2.45) is 4.99 Å². The summed E-state index contributed by atoms with van der Waals surface area (Å²) in [6.07, 6.45) is 5.48. The lowest BCUT2D eigenvalue weighted by Gasteiger charge is -2.34. The summed E-state index contributed by atoms with van der Waals surface area (Å²) in [6, 6.07) is 7.63. The summed E-state index contributed by atoms with van der Waals surface area (Å²) >= 11 is 6.31. The van der Waals surface area contributed by atoms with E-state index in [9.17, 15) is 0 Å². The van der Waals surface area contributed by atoms with E-state index in [1.807, 2.05) is 24.3 Å². The van der Waals surface area contributed by atoms with Gasteiger partial charge in [0.2, 0.25) is 5.95 Å². The van der Waals surface area contributed by atoms with Crippen molar-refractivity contribution in [2.75, 3.05) is 64.9 Å². The van der Waals surface area contributed by atoms with Gasteiger partial charge in [0, 0.05) is 63.7 Å². The van der Waals surface area contributed by atoms with Crippen molar-refractivity contribution in [1.82, 2.24) is 25.5 Å². The maximum Gasteiger partial charge on any atom is 0.225 e.